The maximum absolute atomic E-state index is 9.10. The molecule has 0 bridgehead atoms. The highest BCUT2D eigenvalue weighted by Crippen LogP contribution is 2.20. The number of aliphatic carboxylic acids is 4. The number of anilines is 1. The molecule has 35 heavy (non-hydrogen) atoms. The number of carbonyl (C=O) groups is 4. The molecule has 0 atom stereocenters. The lowest BCUT2D eigenvalue weighted by Gasteiger charge is -2.29. The van der Waals surface area contributed by atoms with Crippen molar-refractivity contribution in [1.29, 1.82) is 0 Å². The summed E-state index contributed by atoms with van der Waals surface area (Å²) < 4.78 is 7.66. The van der Waals surface area contributed by atoms with Crippen LogP contribution in [0.1, 0.15) is 12.8 Å². The number of hydrogen-bond donors (Lipinski definition) is 5. The van der Waals surface area contributed by atoms with Gasteiger partial charge < -0.3 is 35.4 Å². The summed E-state index contributed by atoms with van der Waals surface area (Å²) in [4.78, 5) is 48.0. The van der Waals surface area contributed by atoms with Crippen LogP contribution in [-0.4, -0.2) is 103 Å². The molecule has 0 aliphatic carbocycles. The van der Waals surface area contributed by atoms with Crippen LogP contribution in [0.25, 0.3) is 11.2 Å². The summed E-state index contributed by atoms with van der Waals surface area (Å²) in [5, 5.41) is 33.2. The van der Waals surface area contributed by atoms with Crippen molar-refractivity contribution in [3.8, 4) is 0 Å². The molecule has 5 N–H and O–H groups in total. The molecule has 0 radical (unpaired) electrons. The van der Waals surface area contributed by atoms with Gasteiger partial charge in [0.15, 0.2) is 5.65 Å². The van der Waals surface area contributed by atoms with Crippen LogP contribution in [-0.2, 0) is 30.5 Å². The highest BCUT2D eigenvalue weighted by atomic mass is 16.5. The van der Waals surface area contributed by atoms with Crippen LogP contribution in [0.3, 0.4) is 0 Å². The third-order valence-corrected chi connectivity index (χ3v) is 4.62. The summed E-state index contributed by atoms with van der Waals surface area (Å²) in [5.41, 5.74) is 1.83. The molecule has 1 aliphatic heterocycles. The summed E-state index contributed by atoms with van der Waals surface area (Å²) in [5.74, 6) is -6.40. The Morgan fingerprint density at radius 3 is 2.20 bits per heavy atom. The second kappa shape index (κ2) is 15.0. The van der Waals surface area contributed by atoms with Crippen LogP contribution in [0.4, 0.5) is 5.95 Å². The number of rotatable bonds is 7. The molecule has 1 aliphatic rings. The van der Waals surface area contributed by atoms with E-state index in [1.165, 1.54) is 0 Å². The van der Waals surface area contributed by atoms with Crippen molar-refractivity contribution in [3.63, 3.8) is 0 Å². The van der Waals surface area contributed by atoms with Gasteiger partial charge in [0.25, 0.3) is 0 Å². The fourth-order valence-corrected chi connectivity index (χ4v) is 2.94. The van der Waals surface area contributed by atoms with E-state index in [4.69, 9.17) is 49.3 Å². The van der Waals surface area contributed by atoms with Crippen LogP contribution in [0, 0.1) is 0 Å². The number of carboxylic acids is 4. The molecule has 0 spiro atoms. The van der Waals surface area contributed by atoms with Gasteiger partial charge in [0, 0.05) is 12.2 Å². The van der Waals surface area contributed by atoms with E-state index in [9.17, 15) is 0 Å². The van der Waals surface area contributed by atoms with Crippen molar-refractivity contribution in [2.45, 2.75) is 25.4 Å². The zero-order valence-electron chi connectivity index (χ0n) is 19.2. The maximum Gasteiger partial charge on any atom is 0.414 e. The van der Waals surface area contributed by atoms with Gasteiger partial charge in [-0.1, -0.05) is 6.08 Å². The Morgan fingerprint density at radius 2 is 1.69 bits per heavy atom. The Bertz CT molecular complexity index is 968. The number of carboxylic acid groups (broad SMARTS) is 4. The molecule has 3 rings (SSSR count). The molecule has 14 nitrogen and oxygen atoms in total. The SMILES string of the molecule is C=CCOCCn1c(NC2CCN(C)CC2)nc2cccnc21.O=C(O)C(=O)O.O=C(O)C(=O)O. The van der Waals surface area contributed by atoms with Gasteiger partial charge in [-0.3, -0.25) is 4.57 Å². The van der Waals surface area contributed by atoms with Crippen LogP contribution < -0.4 is 5.32 Å². The number of pyridine rings is 1. The Balaban J connectivity index is 0.000000425. The Labute approximate surface area is 200 Å². The van der Waals surface area contributed by atoms with Gasteiger partial charge in [0.05, 0.1) is 19.8 Å². The van der Waals surface area contributed by atoms with Gasteiger partial charge in [-0.05, 0) is 45.1 Å². The van der Waals surface area contributed by atoms with E-state index in [1.807, 2.05) is 18.3 Å². The molecule has 0 aromatic carbocycles. The fourth-order valence-electron chi connectivity index (χ4n) is 2.94. The van der Waals surface area contributed by atoms with Crippen LogP contribution in [0.5, 0.6) is 0 Å². The summed E-state index contributed by atoms with van der Waals surface area (Å²) in [7, 11) is 2.17. The first-order valence-electron chi connectivity index (χ1n) is 10.4. The highest BCUT2D eigenvalue weighted by Gasteiger charge is 2.19. The first-order chi connectivity index (χ1) is 16.6. The predicted molar refractivity (Wildman–Crippen MR) is 123 cm³/mol. The van der Waals surface area contributed by atoms with Crippen molar-refractivity contribution in [1.82, 2.24) is 19.4 Å². The number of likely N-dealkylation sites (tertiary alicyclic amines) is 1. The molecule has 0 amide bonds. The van der Waals surface area contributed by atoms with Crippen molar-refractivity contribution in [3.05, 3.63) is 31.0 Å². The standard InChI is InChI=1S/C17H25N5O.2C2H2O4/c1-3-12-23-13-11-22-16-15(5-4-8-18-16)20-17(22)19-14-6-9-21(2)10-7-14;2*3-1(4)2(5)6/h3-5,8,14H,1,6-7,9-13H2,2H3,(H,19,20);2*(H,3,4)(H,5,6). The average Bonchev–Trinajstić information content (AvgIpc) is 3.16. The summed E-state index contributed by atoms with van der Waals surface area (Å²) in [6.45, 7) is 7.84. The number of hydrogen-bond acceptors (Lipinski definition) is 9. The number of nitrogens with zero attached hydrogens (tertiary/aromatic N) is 4. The van der Waals surface area contributed by atoms with Gasteiger partial charge in [0.1, 0.15) is 5.52 Å². The maximum atomic E-state index is 9.10. The average molecular weight is 495 g/mol. The molecular formula is C21H29N5O9. The van der Waals surface area contributed by atoms with Gasteiger partial charge in [-0.15, -0.1) is 6.58 Å². The minimum absolute atomic E-state index is 0.468. The quantitative estimate of drug-likeness (QED) is 0.201. The van der Waals surface area contributed by atoms with Crippen molar-refractivity contribution < 1.29 is 44.3 Å². The minimum atomic E-state index is -1.82. The Hall–Kier alpha value is -4.04. The van der Waals surface area contributed by atoms with Crippen LogP contribution in [0.2, 0.25) is 0 Å². The van der Waals surface area contributed by atoms with Gasteiger partial charge >= 0.3 is 23.9 Å². The lowest BCUT2D eigenvalue weighted by molar-refractivity contribution is -0.159. The normalized spacial score (nSPS) is 13.5. The molecule has 2 aromatic heterocycles. The second-order valence-electron chi connectivity index (χ2n) is 7.24. The van der Waals surface area contributed by atoms with E-state index >= 15 is 0 Å². The number of nitrogens with one attached hydrogen (secondary N) is 1. The predicted octanol–water partition coefficient (Wildman–Crippen LogP) is 0.451. The molecule has 1 fully saturated rings. The lowest BCUT2D eigenvalue weighted by Crippen LogP contribution is -2.37. The van der Waals surface area contributed by atoms with Crippen molar-refractivity contribution in [2.75, 3.05) is 38.7 Å². The smallest absolute Gasteiger partial charge is 0.414 e. The first-order valence-corrected chi connectivity index (χ1v) is 10.4. The molecule has 14 heteroatoms. The summed E-state index contributed by atoms with van der Waals surface area (Å²) >= 11 is 0. The third-order valence-electron chi connectivity index (χ3n) is 4.62. The third kappa shape index (κ3) is 10.6. The molecule has 192 valence electrons. The van der Waals surface area contributed by atoms with Crippen molar-refractivity contribution in [2.24, 2.45) is 0 Å². The number of piperidine rings is 1. The van der Waals surface area contributed by atoms with Gasteiger partial charge in [-0.25, -0.2) is 29.1 Å². The van der Waals surface area contributed by atoms with E-state index in [0.717, 1.165) is 49.6 Å². The zero-order chi connectivity index (χ0) is 26.4. The minimum Gasteiger partial charge on any atom is -0.473 e. The van der Waals surface area contributed by atoms with E-state index in [0.29, 0.717) is 19.3 Å². The molecule has 1 saturated heterocycles. The molecule has 3 heterocycles. The molecular weight excluding hydrogens is 466 g/mol. The highest BCUT2D eigenvalue weighted by molar-refractivity contribution is 6.27. The van der Waals surface area contributed by atoms with Crippen molar-refractivity contribution >= 4 is 41.0 Å². The number of aromatic nitrogens is 3. The van der Waals surface area contributed by atoms with Crippen LogP contribution in [0.15, 0.2) is 31.0 Å². The first kappa shape index (κ1) is 29.0. The number of imidazole rings is 1. The molecule has 2 aromatic rings. The van der Waals surface area contributed by atoms with E-state index < -0.39 is 23.9 Å². The largest absolute Gasteiger partial charge is 0.473 e. The van der Waals surface area contributed by atoms with Crippen LogP contribution >= 0.6 is 0 Å². The summed E-state index contributed by atoms with van der Waals surface area (Å²) in [6.07, 6.45) is 5.85. The van der Waals surface area contributed by atoms with E-state index in [1.54, 1.807) is 6.08 Å². The summed E-state index contributed by atoms with van der Waals surface area (Å²) in [6, 6.07) is 4.40. The van der Waals surface area contributed by atoms with Gasteiger partial charge in [0.2, 0.25) is 5.95 Å². The molecule has 0 unspecified atom stereocenters. The lowest BCUT2D eigenvalue weighted by atomic mass is 10.1. The number of ether oxygens (including phenoxy) is 1. The van der Waals surface area contributed by atoms with E-state index in [2.05, 4.69) is 33.4 Å². The fraction of sp³-hybridized carbons (Fsp3) is 0.429. The second-order valence-corrected chi connectivity index (χ2v) is 7.24. The monoisotopic (exact) mass is 495 g/mol. The Kier molecular flexibility index (Phi) is 12.4. The zero-order valence-corrected chi connectivity index (χ0v) is 19.2. The van der Waals surface area contributed by atoms with E-state index in [-0.39, 0.29) is 0 Å². The Morgan fingerprint density at radius 1 is 1.11 bits per heavy atom. The number of fused-ring (bicyclic) bond motifs is 1. The van der Waals surface area contributed by atoms with Gasteiger partial charge in [-0.2, -0.15) is 0 Å². The molecule has 0 saturated carbocycles. The topological polar surface area (TPSA) is 204 Å².